The maximum Gasteiger partial charge on any atom is 0.0739 e. The standard InChI is InChI=1S/C19H15Cl2N/c20-14-7-8-15-18(11-14)22-17-9-6-13(10-16(17)19(15)21)12-4-2-1-3-5-12/h2,4,6-12H,1,3,5H2. The first-order chi connectivity index (χ1) is 10.7. The molecule has 0 spiro atoms. The highest BCUT2D eigenvalue weighted by atomic mass is 35.5. The number of halogens is 2. The topological polar surface area (TPSA) is 12.9 Å². The Morgan fingerprint density at radius 3 is 2.68 bits per heavy atom. The third-order valence-corrected chi connectivity index (χ3v) is 5.02. The van der Waals surface area contributed by atoms with E-state index in [2.05, 4.69) is 30.4 Å². The fourth-order valence-electron chi connectivity index (χ4n) is 3.21. The molecule has 0 aliphatic heterocycles. The minimum absolute atomic E-state index is 0.495. The third kappa shape index (κ3) is 2.39. The van der Waals surface area contributed by atoms with Gasteiger partial charge in [-0.3, -0.25) is 0 Å². The molecular formula is C19H15Cl2N. The van der Waals surface area contributed by atoms with Crippen LogP contribution in [0.2, 0.25) is 10.0 Å². The van der Waals surface area contributed by atoms with Gasteiger partial charge in [0.05, 0.1) is 16.1 Å². The van der Waals surface area contributed by atoms with Crippen LogP contribution in [0.15, 0.2) is 48.6 Å². The van der Waals surface area contributed by atoms with E-state index in [0.29, 0.717) is 10.9 Å². The van der Waals surface area contributed by atoms with E-state index < -0.39 is 0 Å². The van der Waals surface area contributed by atoms with Gasteiger partial charge >= 0.3 is 0 Å². The largest absolute Gasteiger partial charge is 0.248 e. The number of fused-ring (bicyclic) bond motifs is 2. The van der Waals surface area contributed by atoms with Gasteiger partial charge in [-0.15, -0.1) is 0 Å². The van der Waals surface area contributed by atoms with E-state index in [1.807, 2.05) is 18.2 Å². The smallest absolute Gasteiger partial charge is 0.0739 e. The molecule has 1 aliphatic carbocycles. The summed E-state index contributed by atoms with van der Waals surface area (Å²) in [5.74, 6) is 0.495. The van der Waals surface area contributed by atoms with Crippen molar-refractivity contribution in [3.8, 4) is 0 Å². The molecule has 0 saturated carbocycles. The van der Waals surface area contributed by atoms with Crippen LogP contribution >= 0.6 is 23.2 Å². The van der Waals surface area contributed by atoms with Gasteiger partial charge in [0.1, 0.15) is 0 Å². The Morgan fingerprint density at radius 2 is 1.86 bits per heavy atom. The van der Waals surface area contributed by atoms with Crippen LogP contribution in [-0.4, -0.2) is 4.98 Å². The van der Waals surface area contributed by atoms with E-state index in [-0.39, 0.29) is 0 Å². The van der Waals surface area contributed by atoms with Gasteiger partial charge in [-0.2, -0.15) is 0 Å². The molecule has 1 heterocycles. The van der Waals surface area contributed by atoms with E-state index in [9.17, 15) is 0 Å². The number of aromatic nitrogens is 1. The second-order valence-electron chi connectivity index (χ2n) is 5.83. The first kappa shape index (κ1) is 14.0. The van der Waals surface area contributed by atoms with Crippen LogP contribution in [0.5, 0.6) is 0 Å². The summed E-state index contributed by atoms with van der Waals surface area (Å²) in [6, 6.07) is 12.1. The van der Waals surface area contributed by atoms with E-state index in [1.165, 1.54) is 24.8 Å². The maximum atomic E-state index is 6.64. The third-order valence-electron chi connectivity index (χ3n) is 4.38. The van der Waals surface area contributed by atoms with Gasteiger partial charge in [0.2, 0.25) is 0 Å². The zero-order valence-corrected chi connectivity index (χ0v) is 13.5. The van der Waals surface area contributed by atoms with Crippen molar-refractivity contribution >= 4 is 45.0 Å². The zero-order valence-electron chi connectivity index (χ0n) is 12.0. The Morgan fingerprint density at radius 1 is 0.955 bits per heavy atom. The summed E-state index contributed by atoms with van der Waals surface area (Å²) in [5, 5.41) is 3.42. The Kier molecular flexibility index (Phi) is 3.56. The Labute approximate surface area is 139 Å². The van der Waals surface area contributed by atoms with Crippen LogP contribution in [0.4, 0.5) is 0 Å². The first-order valence-corrected chi connectivity index (χ1v) is 8.33. The zero-order chi connectivity index (χ0) is 15.1. The Bertz CT molecular complexity index is 899. The number of allylic oxidation sites excluding steroid dienone is 2. The number of benzene rings is 2. The van der Waals surface area contributed by atoms with Crippen LogP contribution in [-0.2, 0) is 0 Å². The molecule has 2 aromatic carbocycles. The van der Waals surface area contributed by atoms with Gasteiger partial charge in [-0.1, -0.05) is 41.4 Å². The molecule has 1 aromatic heterocycles. The second-order valence-corrected chi connectivity index (χ2v) is 6.64. The van der Waals surface area contributed by atoms with Gasteiger partial charge in [-0.25, -0.2) is 4.98 Å². The predicted octanol–water partition coefficient (Wildman–Crippen LogP) is 6.52. The summed E-state index contributed by atoms with van der Waals surface area (Å²) in [4.78, 5) is 4.70. The van der Waals surface area contributed by atoms with Crippen LogP contribution in [0.3, 0.4) is 0 Å². The molecular weight excluding hydrogens is 313 g/mol. The molecule has 1 unspecified atom stereocenters. The Hall–Kier alpha value is -1.57. The van der Waals surface area contributed by atoms with Gasteiger partial charge < -0.3 is 0 Å². The minimum Gasteiger partial charge on any atom is -0.248 e. The molecule has 110 valence electrons. The molecule has 0 fully saturated rings. The SMILES string of the molecule is Clc1ccc2c(Cl)c3cc(C4C=CCCC4)ccc3nc2c1. The molecule has 22 heavy (non-hydrogen) atoms. The summed E-state index contributed by atoms with van der Waals surface area (Å²) in [6.07, 6.45) is 8.24. The fourth-order valence-corrected chi connectivity index (χ4v) is 3.68. The second kappa shape index (κ2) is 5.57. The quantitative estimate of drug-likeness (QED) is 0.366. The lowest BCUT2D eigenvalue weighted by Gasteiger charge is -2.17. The van der Waals surface area contributed by atoms with Crippen molar-refractivity contribution in [2.75, 3.05) is 0 Å². The lowest BCUT2D eigenvalue weighted by molar-refractivity contribution is 0.655. The molecule has 1 aliphatic rings. The average Bonchev–Trinajstić information content (AvgIpc) is 2.55. The molecule has 0 saturated heterocycles. The number of pyridine rings is 1. The average molecular weight is 328 g/mol. The summed E-state index contributed by atoms with van der Waals surface area (Å²) in [7, 11) is 0. The van der Waals surface area contributed by atoms with Crippen molar-refractivity contribution in [2.24, 2.45) is 0 Å². The van der Waals surface area contributed by atoms with Crippen molar-refractivity contribution < 1.29 is 0 Å². The van der Waals surface area contributed by atoms with Gasteiger partial charge in [0.15, 0.2) is 0 Å². The lowest BCUT2D eigenvalue weighted by atomic mass is 9.88. The molecule has 0 N–H and O–H groups in total. The van der Waals surface area contributed by atoms with Crippen LogP contribution in [0.25, 0.3) is 21.8 Å². The van der Waals surface area contributed by atoms with Gasteiger partial charge in [-0.05, 0) is 55.2 Å². The van der Waals surface area contributed by atoms with Crippen LogP contribution in [0.1, 0.15) is 30.7 Å². The summed E-state index contributed by atoms with van der Waals surface area (Å²) in [6.45, 7) is 0. The monoisotopic (exact) mass is 327 g/mol. The molecule has 3 aromatic rings. The molecule has 4 rings (SSSR count). The minimum atomic E-state index is 0.495. The summed E-state index contributed by atoms with van der Waals surface area (Å²) in [5.41, 5.74) is 3.08. The number of hydrogen-bond acceptors (Lipinski definition) is 1. The van der Waals surface area contributed by atoms with Gasteiger partial charge in [0.25, 0.3) is 0 Å². The van der Waals surface area contributed by atoms with E-state index in [0.717, 1.165) is 26.8 Å². The highest BCUT2D eigenvalue weighted by Crippen LogP contribution is 2.35. The number of nitrogens with zero attached hydrogens (tertiary/aromatic N) is 1. The van der Waals surface area contributed by atoms with Gasteiger partial charge in [0, 0.05) is 21.7 Å². The Balaban J connectivity index is 1.93. The van der Waals surface area contributed by atoms with Crippen LogP contribution < -0.4 is 0 Å². The number of hydrogen-bond donors (Lipinski definition) is 0. The van der Waals surface area contributed by atoms with E-state index in [4.69, 9.17) is 28.2 Å². The maximum absolute atomic E-state index is 6.64. The first-order valence-electron chi connectivity index (χ1n) is 7.57. The molecule has 1 nitrogen and oxygen atoms in total. The predicted molar refractivity (Wildman–Crippen MR) is 95.0 cm³/mol. The van der Waals surface area contributed by atoms with E-state index >= 15 is 0 Å². The van der Waals surface area contributed by atoms with Crippen molar-refractivity contribution in [3.05, 3.63) is 64.2 Å². The van der Waals surface area contributed by atoms with Crippen molar-refractivity contribution in [1.82, 2.24) is 4.98 Å². The van der Waals surface area contributed by atoms with E-state index in [1.54, 1.807) is 0 Å². The molecule has 0 radical (unpaired) electrons. The molecule has 0 bridgehead atoms. The van der Waals surface area contributed by atoms with Crippen LogP contribution in [0, 0.1) is 0 Å². The summed E-state index contributed by atoms with van der Waals surface area (Å²) >= 11 is 12.7. The highest BCUT2D eigenvalue weighted by molar-refractivity contribution is 6.40. The van der Waals surface area contributed by atoms with Crippen molar-refractivity contribution in [1.29, 1.82) is 0 Å². The van der Waals surface area contributed by atoms with Crippen molar-refractivity contribution in [3.63, 3.8) is 0 Å². The number of rotatable bonds is 1. The molecule has 1 atom stereocenters. The molecule has 0 amide bonds. The van der Waals surface area contributed by atoms with Crippen molar-refractivity contribution in [2.45, 2.75) is 25.2 Å². The fraction of sp³-hybridized carbons (Fsp3) is 0.211. The molecule has 3 heteroatoms. The normalized spacial score (nSPS) is 18.2. The highest BCUT2D eigenvalue weighted by Gasteiger charge is 2.14. The summed E-state index contributed by atoms with van der Waals surface area (Å²) < 4.78 is 0. The lowest BCUT2D eigenvalue weighted by Crippen LogP contribution is -1.99.